The minimum absolute atomic E-state index is 0.155. The minimum Gasteiger partial charge on any atom is -0.379 e. The van der Waals surface area contributed by atoms with Crippen LogP contribution in [0.4, 0.5) is 10.1 Å². The summed E-state index contributed by atoms with van der Waals surface area (Å²) in [7, 11) is 0. The molecule has 1 aromatic carbocycles. The first-order valence-corrected chi connectivity index (χ1v) is 5.29. The highest BCUT2D eigenvalue weighted by atomic mass is 19.1. The summed E-state index contributed by atoms with van der Waals surface area (Å²) in [4.78, 5) is 6.89. The summed E-state index contributed by atoms with van der Waals surface area (Å²) in [5.74, 6) is -0.155. The Labute approximate surface area is 93.7 Å². The van der Waals surface area contributed by atoms with E-state index in [0.717, 1.165) is 16.9 Å². The monoisotopic (exact) mass is 219 g/mol. The molecule has 0 aliphatic rings. The van der Waals surface area contributed by atoms with E-state index in [-0.39, 0.29) is 5.82 Å². The highest BCUT2D eigenvalue weighted by molar-refractivity contribution is 5.45. The largest absolute Gasteiger partial charge is 0.379 e. The number of hydrogen-bond acceptors (Lipinski definition) is 2. The second-order valence-electron chi connectivity index (χ2n) is 3.59. The molecule has 0 amide bonds. The van der Waals surface area contributed by atoms with E-state index in [4.69, 9.17) is 0 Å². The molecule has 84 valence electrons. The lowest BCUT2D eigenvalue weighted by molar-refractivity contribution is 0.612. The van der Waals surface area contributed by atoms with Crippen molar-refractivity contribution in [2.24, 2.45) is 0 Å². The van der Waals surface area contributed by atoms with Crippen molar-refractivity contribution < 1.29 is 4.39 Å². The van der Waals surface area contributed by atoms with Crippen molar-refractivity contribution in [3.8, 4) is 0 Å². The van der Waals surface area contributed by atoms with Crippen LogP contribution in [0, 0.1) is 5.82 Å². The molecule has 0 radical (unpaired) electrons. The average Bonchev–Trinajstić information content (AvgIpc) is 2.79. The Morgan fingerprint density at radius 2 is 2.31 bits per heavy atom. The number of aromatic nitrogens is 2. The highest BCUT2D eigenvalue weighted by Crippen LogP contribution is 2.15. The van der Waals surface area contributed by atoms with E-state index in [9.17, 15) is 4.39 Å². The van der Waals surface area contributed by atoms with Crippen LogP contribution in [0.3, 0.4) is 0 Å². The van der Waals surface area contributed by atoms with Gasteiger partial charge in [0, 0.05) is 11.9 Å². The van der Waals surface area contributed by atoms with E-state index >= 15 is 0 Å². The number of nitrogens with zero attached hydrogens (tertiary/aromatic N) is 1. The van der Waals surface area contributed by atoms with Crippen molar-refractivity contribution in [3.63, 3.8) is 0 Å². The second-order valence-corrected chi connectivity index (χ2v) is 3.59. The molecule has 1 aromatic heterocycles. The van der Waals surface area contributed by atoms with Crippen molar-refractivity contribution >= 4 is 5.69 Å². The lowest BCUT2D eigenvalue weighted by Crippen LogP contribution is -2.00. The maximum absolute atomic E-state index is 13.5. The Hall–Kier alpha value is -1.84. The molecule has 0 bridgehead atoms. The fourth-order valence-corrected chi connectivity index (χ4v) is 1.52. The third-order valence-electron chi connectivity index (χ3n) is 2.47. The number of aromatic amines is 1. The topological polar surface area (TPSA) is 40.7 Å². The molecular formula is C12H14FN3. The number of halogens is 1. The summed E-state index contributed by atoms with van der Waals surface area (Å²) in [6, 6.07) is 5.22. The minimum atomic E-state index is -0.155. The molecule has 16 heavy (non-hydrogen) atoms. The fraction of sp³-hybridized carbons (Fsp3) is 0.250. The van der Waals surface area contributed by atoms with Gasteiger partial charge < -0.3 is 10.3 Å². The maximum atomic E-state index is 13.5. The zero-order valence-electron chi connectivity index (χ0n) is 9.13. The first kappa shape index (κ1) is 10.7. The Morgan fingerprint density at radius 1 is 1.44 bits per heavy atom. The van der Waals surface area contributed by atoms with Crippen molar-refractivity contribution in [2.45, 2.75) is 19.9 Å². The number of benzene rings is 1. The molecule has 2 rings (SSSR count). The van der Waals surface area contributed by atoms with E-state index in [0.29, 0.717) is 13.0 Å². The Kier molecular flexibility index (Phi) is 3.19. The molecule has 0 saturated heterocycles. The molecule has 0 saturated carbocycles. The summed E-state index contributed by atoms with van der Waals surface area (Å²) in [5.41, 5.74) is 2.50. The third-order valence-corrected chi connectivity index (χ3v) is 2.47. The van der Waals surface area contributed by atoms with Crippen molar-refractivity contribution in [2.75, 3.05) is 5.32 Å². The van der Waals surface area contributed by atoms with Crippen LogP contribution in [0.2, 0.25) is 0 Å². The Balaban J connectivity index is 2.02. The van der Waals surface area contributed by atoms with Gasteiger partial charge in [-0.25, -0.2) is 9.37 Å². The van der Waals surface area contributed by atoms with Crippen LogP contribution in [0.5, 0.6) is 0 Å². The Morgan fingerprint density at radius 3 is 2.94 bits per heavy atom. The van der Waals surface area contributed by atoms with Crippen LogP contribution in [0.25, 0.3) is 0 Å². The molecule has 1 heterocycles. The molecule has 4 heteroatoms. The zero-order chi connectivity index (χ0) is 11.4. The first-order chi connectivity index (χ1) is 7.79. The number of anilines is 1. The molecule has 0 aliphatic heterocycles. The van der Waals surface area contributed by atoms with Gasteiger partial charge >= 0.3 is 0 Å². The van der Waals surface area contributed by atoms with E-state index in [2.05, 4.69) is 15.3 Å². The molecule has 2 N–H and O–H groups in total. The zero-order valence-corrected chi connectivity index (χ0v) is 9.13. The van der Waals surface area contributed by atoms with Crippen LogP contribution < -0.4 is 5.32 Å². The smallest absolute Gasteiger partial charge is 0.128 e. The van der Waals surface area contributed by atoms with E-state index in [1.54, 1.807) is 12.5 Å². The van der Waals surface area contributed by atoms with Crippen LogP contribution in [-0.2, 0) is 13.0 Å². The van der Waals surface area contributed by atoms with Gasteiger partial charge in [0.15, 0.2) is 0 Å². The second kappa shape index (κ2) is 4.79. The molecule has 0 unspecified atom stereocenters. The third kappa shape index (κ3) is 2.39. The number of nitrogens with one attached hydrogen (secondary N) is 2. The van der Waals surface area contributed by atoms with Gasteiger partial charge in [-0.3, -0.25) is 0 Å². The standard InChI is InChI=1S/C12H14FN3/c1-2-9-3-4-10(5-12(9)13)15-7-11-6-14-8-16-11/h3-6,8,15H,2,7H2,1H3,(H,14,16). The highest BCUT2D eigenvalue weighted by Gasteiger charge is 2.01. The van der Waals surface area contributed by atoms with Gasteiger partial charge in [0.2, 0.25) is 0 Å². The maximum Gasteiger partial charge on any atom is 0.128 e. The summed E-state index contributed by atoms with van der Waals surface area (Å²) in [6.07, 6.45) is 4.08. The van der Waals surface area contributed by atoms with Gasteiger partial charge in [-0.1, -0.05) is 13.0 Å². The molecular weight excluding hydrogens is 205 g/mol. The van der Waals surface area contributed by atoms with Gasteiger partial charge in [0.1, 0.15) is 5.82 Å². The van der Waals surface area contributed by atoms with Gasteiger partial charge in [0.25, 0.3) is 0 Å². The van der Waals surface area contributed by atoms with Gasteiger partial charge in [0.05, 0.1) is 18.6 Å². The van der Waals surface area contributed by atoms with Crippen molar-refractivity contribution in [1.82, 2.24) is 9.97 Å². The fourth-order valence-electron chi connectivity index (χ4n) is 1.52. The number of aryl methyl sites for hydroxylation is 1. The van der Waals surface area contributed by atoms with E-state index in [1.807, 2.05) is 19.1 Å². The SMILES string of the molecule is CCc1ccc(NCc2cnc[nH]2)cc1F. The average molecular weight is 219 g/mol. The summed E-state index contributed by atoms with van der Waals surface area (Å²) >= 11 is 0. The van der Waals surface area contributed by atoms with Gasteiger partial charge in [-0.2, -0.15) is 0 Å². The summed E-state index contributed by atoms with van der Waals surface area (Å²) in [6.45, 7) is 2.56. The molecule has 3 nitrogen and oxygen atoms in total. The van der Waals surface area contributed by atoms with Crippen molar-refractivity contribution in [3.05, 3.63) is 47.8 Å². The lowest BCUT2D eigenvalue weighted by atomic mass is 10.1. The van der Waals surface area contributed by atoms with Gasteiger partial charge in [-0.05, 0) is 24.1 Å². The Bertz CT molecular complexity index is 451. The number of imidazole rings is 1. The van der Waals surface area contributed by atoms with Crippen LogP contribution in [0.1, 0.15) is 18.2 Å². The lowest BCUT2D eigenvalue weighted by Gasteiger charge is -2.06. The normalized spacial score (nSPS) is 10.4. The first-order valence-electron chi connectivity index (χ1n) is 5.29. The van der Waals surface area contributed by atoms with Gasteiger partial charge in [-0.15, -0.1) is 0 Å². The molecule has 0 aliphatic carbocycles. The van der Waals surface area contributed by atoms with Crippen LogP contribution in [-0.4, -0.2) is 9.97 Å². The molecule has 0 spiro atoms. The summed E-state index contributed by atoms with van der Waals surface area (Å²) < 4.78 is 13.5. The van der Waals surface area contributed by atoms with Crippen molar-refractivity contribution in [1.29, 1.82) is 0 Å². The number of rotatable bonds is 4. The number of hydrogen-bond donors (Lipinski definition) is 2. The van der Waals surface area contributed by atoms with Crippen LogP contribution in [0.15, 0.2) is 30.7 Å². The van der Waals surface area contributed by atoms with E-state index < -0.39 is 0 Å². The molecule has 0 fully saturated rings. The predicted molar refractivity (Wildman–Crippen MR) is 61.7 cm³/mol. The predicted octanol–water partition coefficient (Wildman–Crippen LogP) is 2.72. The molecule has 2 aromatic rings. The summed E-state index contributed by atoms with van der Waals surface area (Å²) in [5, 5.41) is 3.13. The number of H-pyrrole nitrogens is 1. The quantitative estimate of drug-likeness (QED) is 0.830. The van der Waals surface area contributed by atoms with E-state index in [1.165, 1.54) is 6.07 Å². The molecule has 0 atom stereocenters. The van der Waals surface area contributed by atoms with Crippen LogP contribution >= 0.6 is 0 Å².